The van der Waals surface area contributed by atoms with Crippen LogP contribution in [0.3, 0.4) is 0 Å². The number of allylic oxidation sites excluding steroid dienone is 1. The SMILES string of the molecule is C=C(NOCc1ccccc1N(CC)C(=O)OC)C(=NOC)c1ccc(F)cc1. The van der Waals surface area contributed by atoms with Crippen molar-refractivity contribution >= 4 is 17.5 Å². The Hall–Kier alpha value is -3.39. The fourth-order valence-electron chi connectivity index (χ4n) is 2.63. The van der Waals surface area contributed by atoms with Crippen molar-refractivity contribution < 1.29 is 23.6 Å². The van der Waals surface area contributed by atoms with E-state index >= 15 is 0 Å². The van der Waals surface area contributed by atoms with Crippen molar-refractivity contribution in [2.24, 2.45) is 5.16 Å². The molecular formula is C21H24FN3O4. The lowest BCUT2D eigenvalue weighted by Crippen LogP contribution is -2.31. The molecule has 0 unspecified atom stereocenters. The third kappa shape index (κ3) is 5.79. The van der Waals surface area contributed by atoms with Gasteiger partial charge in [-0.25, -0.2) is 9.18 Å². The number of anilines is 1. The van der Waals surface area contributed by atoms with Crippen LogP contribution in [0.25, 0.3) is 0 Å². The summed E-state index contributed by atoms with van der Waals surface area (Å²) in [5, 5.41) is 3.93. The van der Waals surface area contributed by atoms with Crippen molar-refractivity contribution in [2.75, 3.05) is 25.7 Å². The first-order valence-corrected chi connectivity index (χ1v) is 8.89. The lowest BCUT2D eigenvalue weighted by Gasteiger charge is -2.22. The van der Waals surface area contributed by atoms with Crippen LogP contribution in [-0.4, -0.2) is 32.6 Å². The molecule has 1 amide bonds. The van der Waals surface area contributed by atoms with Crippen molar-refractivity contribution in [1.82, 2.24) is 5.48 Å². The summed E-state index contributed by atoms with van der Waals surface area (Å²) in [6.07, 6.45) is -0.455. The molecule has 0 aliphatic carbocycles. The summed E-state index contributed by atoms with van der Waals surface area (Å²) in [7, 11) is 2.74. The highest BCUT2D eigenvalue weighted by Gasteiger charge is 2.17. The first-order chi connectivity index (χ1) is 14.0. The second-order valence-corrected chi connectivity index (χ2v) is 5.84. The van der Waals surface area contributed by atoms with Gasteiger partial charge in [0.1, 0.15) is 25.2 Å². The largest absolute Gasteiger partial charge is 0.452 e. The van der Waals surface area contributed by atoms with Gasteiger partial charge in [-0.2, -0.15) is 0 Å². The predicted molar refractivity (Wildman–Crippen MR) is 109 cm³/mol. The summed E-state index contributed by atoms with van der Waals surface area (Å²) >= 11 is 0. The molecule has 0 aromatic heterocycles. The quantitative estimate of drug-likeness (QED) is 0.508. The minimum absolute atomic E-state index is 0.145. The molecule has 2 rings (SSSR count). The molecule has 0 aliphatic heterocycles. The van der Waals surface area contributed by atoms with E-state index in [2.05, 4.69) is 17.2 Å². The molecule has 2 aromatic rings. The summed E-state index contributed by atoms with van der Waals surface area (Å²) < 4.78 is 18.0. The molecule has 0 fully saturated rings. The monoisotopic (exact) mass is 401 g/mol. The van der Waals surface area contributed by atoms with Crippen LogP contribution in [0.15, 0.2) is 66.0 Å². The fraction of sp³-hybridized carbons (Fsp3) is 0.238. The number of methoxy groups -OCH3 is 1. The number of carbonyl (C=O) groups is 1. The van der Waals surface area contributed by atoms with Crippen LogP contribution >= 0.6 is 0 Å². The molecule has 0 heterocycles. The minimum Gasteiger partial charge on any atom is -0.452 e. The summed E-state index contributed by atoms with van der Waals surface area (Å²) in [4.78, 5) is 23.9. The van der Waals surface area contributed by atoms with Gasteiger partial charge in [0, 0.05) is 17.7 Å². The smallest absolute Gasteiger partial charge is 0.413 e. The van der Waals surface area contributed by atoms with E-state index in [1.165, 1.54) is 31.3 Å². The lowest BCUT2D eigenvalue weighted by atomic mass is 10.1. The van der Waals surface area contributed by atoms with Crippen LogP contribution < -0.4 is 10.4 Å². The van der Waals surface area contributed by atoms with Crippen LogP contribution in [0.4, 0.5) is 14.9 Å². The number of amides is 1. The summed E-state index contributed by atoms with van der Waals surface area (Å²) in [6, 6.07) is 13.1. The second kappa shape index (κ2) is 10.8. The number of nitrogens with one attached hydrogen (secondary N) is 1. The van der Waals surface area contributed by atoms with Gasteiger partial charge in [-0.1, -0.05) is 29.9 Å². The molecule has 0 saturated heterocycles. The van der Waals surface area contributed by atoms with Crippen molar-refractivity contribution in [2.45, 2.75) is 13.5 Å². The second-order valence-electron chi connectivity index (χ2n) is 5.84. The minimum atomic E-state index is -0.455. The molecule has 0 saturated carbocycles. The van der Waals surface area contributed by atoms with Crippen molar-refractivity contribution in [3.05, 3.63) is 77.8 Å². The van der Waals surface area contributed by atoms with Gasteiger partial charge in [0.2, 0.25) is 0 Å². The van der Waals surface area contributed by atoms with Gasteiger partial charge in [-0.15, -0.1) is 0 Å². The van der Waals surface area contributed by atoms with E-state index in [4.69, 9.17) is 14.4 Å². The fourth-order valence-corrected chi connectivity index (χ4v) is 2.63. The van der Waals surface area contributed by atoms with Crippen LogP contribution in [0, 0.1) is 5.82 Å². The third-order valence-corrected chi connectivity index (χ3v) is 4.00. The highest BCUT2D eigenvalue weighted by molar-refractivity contribution is 6.11. The molecule has 0 atom stereocenters. The van der Waals surface area contributed by atoms with E-state index in [0.717, 1.165) is 5.56 Å². The van der Waals surface area contributed by atoms with E-state index in [1.807, 2.05) is 31.2 Å². The molecule has 0 bridgehead atoms. The zero-order valence-corrected chi connectivity index (χ0v) is 16.6. The highest BCUT2D eigenvalue weighted by Crippen LogP contribution is 2.22. The van der Waals surface area contributed by atoms with E-state index in [0.29, 0.717) is 29.2 Å². The lowest BCUT2D eigenvalue weighted by molar-refractivity contribution is 0.0533. The summed E-state index contributed by atoms with van der Waals surface area (Å²) in [5.74, 6) is -0.358. The van der Waals surface area contributed by atoms with E-state index in [-0.39, 0.29) is 12.4 Å². The maximum absolute atomic E-state index is 13.2. The van der Waals surface area contributed by atoms with Gasteiger partial charge < -0.3 is 9.57 Å². The van der Waals surface area contributed by atoms with Crippen LogP contribution in [0.1, 0.15) is 18.1 Å². The Bertz CT molecular complexity index is 868. The van der Waals surface area contributed by atoms with Gasteiger partial charge in [0.25, 0.3) is 0 Å². The molecule has 29 heavy (non-hydrogen) atoms. The Morgan fingerprint density at radius 1 is 1.17 bits per heavy atom. The zero-order chi connectivity index (χ0) is 21.2. The summed E-state index contributed by atoms with van der Waals surface area (Å²) in [5.41, 5.74) is 5.48. The Kier molecular flexibility index (Phi) is 8.17. The first kappa shape index (κ1) is 21.9. The van der Waals surface area contributed by atoms with Crippen molar-refractivity contribution in [1.29, 1.82) is 0 Å². The first-order valence-electron chi connectivity index (χ1n) is 8.89. The standard InChI is InChI=1S/C21H24FN3O4/c1-5-25(21(26)27-3)19-9-7-6-8-17(19)14-29-23-15(2)20(24-28-4)16-10-12-18(22)13-11-16/h6-13,23H,2,5,14H2,1,3-4H3. The maximum Gasteiger partial charge on any atom is 0.413 e. The van der Waals surface area contributed by atoms with Crippen molar-refractivity contribution in [3.8, 4) is 0 Å². The van der Waals surface area contributed by atoms with Crippen LogP contribution in [-0.2, 0) is 21.0 Å². The van der Waals surface area contributed by atoms with Gasteiger partial charge >= 0.3 is 6.09 Å². The van der Waals surface area contributed by atoms with E-state index in [1.54, 1.807) is 12.1 Å². The predicted octanol–water partition coefficient (Wildman–Crippen LogP) is 4.00. The molecule has 7 nitrogen and oxygen atoms in total. The molecule has 0 radical (unpaired) electrons. The zero-order valence-electron chi connectivity index (χ0n) is 16.6. The number of halogens is 1. The maximum atomic E-state index is 13.2. The van der Waals surface area contributed by atoms with Gasteiger partial charge in [-0.3, -0.25) is 15.2 Å². The number of nitrogens with zero attached hydrogens (tertiary/aromatic N) is 2. The van der Waals surface area contributed by atoms with Gasteiger partial charge in [0.05, 0.1) is 18.5 Å². The Morgan fingerprint density at radius 3 is 2.48 bits per heavy atom. The number of hydroxylamine groups is 1. The average molecular weight is 401 g/mol. The van der Waals surface area contributed by atoms with Crippen molar-refractivity contribution in [3.63, 3.8) is 0 Å². The van der Waals surface area contributed by atoms with Crippen LogP contribution in [0.5, 0.6) is 0 Å². The summed E-state index contributed by atoms with van der Waals surface area (Å²) in [6.45, 7) is 6.33. The molecule has 0 spiro atoms. The Balaban J connectivity index is 2.09. The van der Waals surface area contributed by atoms with Gasteiger partial charge in [0.15, 0.2) is 0 Å². The molecule has 154 valence electrons. The number of oxime groups is 1. The number of hydrogen-bond donors (Lipinski definition) is 1. The number of para-hydroxylation sites is 1. The van der Waals surface area contributed by atoms with E-state index < -0.39 is 6.09 Å². The average Bonchev–Trinajstić information content (AvgIpc) is 2.74. The van der Waals surface area contributed by atoms with Crippen LogP contribution in [0.2, 0.25) is 0 Å². The topological polar surface area (TPSA) is 72.4 Å². The number of ether oxygens (including phenoxy) is 1. The number of rotatable bonds is 9. The van der Waals surface area contributed by atoms with E-state index in [9.17, 15) is 9.18 Å². The molecule has 1 N–H and O–H groups in total. The number of hydrogen-bond acceptors (Lipinski definition) is 6. The number of carbonyl (C=O) groups excluding carboxylic acids is 1. The molecule has 8 heteroatoms. The van der Waals surface area contributed by atoms with Gasteiger partial charge in [-0.05, 0) is 37.3 Å². The Morgan fingerprint density at radius 2 is 1.86 bits per heavy atom. The molecule has 0 aliphatic rings. The Labute approximate surface area is 169 Å². The molecular weight excluding hydrogens is 377 g/mol. The third-order valence-electron chi connectivity index (χ3n) is 4.00. The normalized spacial score (nSPS) is 11.0. The molecule has 2 aromatic carbocycles. The highest BCUT2D eigenvalue weighted by atomic mass is 19.1. The number of benzene rings is 2.